The number of nitrogens with zero attached hydrogens (tertiary/aromatic N) is 4. The maximum Gasteiger partial charge on any atom is 0.180 e. The highest BCUT2D eigenvalue weighted by Crippen LogP contribution is 2.42. The molecule has 3 unspecified atom stereocenters. The molecule has 1 aromatic rings. The second-order valence-corrected chi connectivity index (χ2v) is 6.83. The monoisotopic (exact) mass is 343 g/mol. The SMILES string of the molecule is NC1(C2CC(Br)Cc3ccccc32)N=CN=C2N=CN=C21. The van der Waals surface area contributed by atoms with Crippen molar-refractivity contribution in [3.63, 3.8) is 0 Å². The van der Waals surface area contributed by atoms with E-state index in [4.69, 9.17) is 5.73 Å². The third-order valence-electron chi connectivity index (χ3n) is 4.30. The zero-order chi connectivity index (χ0) is 14.4. The summed E-state index contributed by atoms with van der Waals surface area (Å²) in [6, 6.07) is 8.42. The van der Waals surface area contributed by atoms with Crippen LogP contribution in [-0.2, 0) is 6.42 Å². The predicted octanol–water partition coefficient (Wildman–Crippen LogP) is 2.06. The van der Waals surface area contributed by atoms with Gasteiger partial charge in [0.05, 0.1) is 0 Å². The molecule has 2 aliphatic heterocycles. The van der Waals surface area contributed by atoms with Crippen molar-refractivity contribution >= 4 is 40.2 Å². The molecule has 3 atom stereocenters. The summed E-state index contributed by atoms with van der Waals surface area (Å²) in [5.41, 5.74) is 9.04. The quantitative estimate of drug-likeness (QED) is 0.778. The Morgan fingerprint density at radius 2 is 2.05 bits per heavy atom. The van der Waals surface area contributed by atoms with Gasteiger partial charge in [-0.25, -0.2) is 20.0 Å². The first-order valence-electron chi connectivity index (χ1n) is 6.92. The number of hydrogen-bond donors (Lipinski definition) is 1. The molecule has 6 heteroatoms. The first-order chi connectivity index (χ1) is 10.2. The standard InChI is InChI=1S/C15H14BrN5/c16-10-5-9-3-1-2-4-11(9)12(6-10)15(17)13-14(19-7-18-13)20-8-21-15/h1-4,7-8,10,12H,5-6,17H2. The van der Waals surface area contributed by atoms with E-state index < -0.39 is 5.66 Å². The third kappa shape index (κ3) is 1.93. The van der Waals surface area contributed by atoms with Gasteiger partial charge in [-0.2, -0.15) is 0 Å². The van der Waals surface area contributed by atoms with E-state index in [-0.39, 0.29) is 5.92 Å². The molecule has 0 saturated carbocycles. The van der Waals surface area contributed by atoms with Gasteiger partial charge in [-0.05, 0) is 24.0 Å². The zero-order valence-corrected chi connectivity index (χ0v) is 12.9. The van der Waals surface area contributed by atoms with E-state index in [1.165, 1.54) is 23.8 Å². The summed E-state index contributed by atoms with van der Waals surface area (Å²) in [7, 11) is 0. The number of fused-ring (bicyclic) bond motifs is 2. The Hall–Kier alpha value is -1.66. The van der Waals surface area contributed by atoms with Gasteiger partial charge in [0.25, 0.3) is 0 Å². The number of halogens is 1. The van der Waals surface area contributed by atoms with Gasteiger partial charge in [0.1, 0.15) is 18.4 Å². The number of aliphatic imine (C=N–C) groups is 4. The van der Waals surface area contributed by atoms with E-state index in [1.807, 2.05) is 0 Å². The summed E-state index contributed by atoms with van der Waals surface area (Å²) in [6.45, 7) is 0. The molecule has 0 bridgehead atoms. The Bertz CT molecular complexity index is 721. The molecule has 0 spiro atoms. The van der Waals surface area contributed by atoms with Crippen molar-refractivity contribution in [1.82, 2.24) is 0 Å². The van der Waals surface area contributed by atoms with Crippen molar-refractivity contribution in [3.8, 4) is 0 Å². The summed E-state index contributed by atoms with van der Waals surface area (Å²) >= 11 is 3.75. The number of amidine groups is 1. The Morgan fingerprint density at radius 3 is 2.95 bits per heavy atom. The van der Waals surface area contributed by atoms with E-state index in [1.54, 1.807) is 0 Å². The fraction of sp³-hybridized carbons (Fsp3) is 0.333. The zero-order valence-electron chi connectivity index (χ0n) is 11.3. The lowest BCUT2D eigenvalue weighted by molar-refractivity contribution is 0.424. The van der Waals surface area contributed by atoms with Crippen LogP contribution in [-0.4, -0.2) is 34.7 Å². The van der Waals surface area contributed by atoms with Gasteiger partial charge in [0.15, 0.2) is 11.5 Å². The summed E-state index contributed by atoms with van der Waals surface area (Å²) in [5.74, 6) is 0.649. The van der Waals surface area contributed by atoms with Gasteiger partial charge < -0.3 is 5.73 Å². The largest absolute Gasteiger partial charge is 0.301 e. The van der Waals surface area contributed by atoms with E-state index in [2.05, 4.69) is 60.2 Å². The van der Waals surface area contributed by atoms with Crippen molar-refractivity contribution in [2.45, 2.75) is 29.2 Å². The van der Waals surface area contributed by atoms with Crippen LogP contribution in [0.1, 0.15) is 23.5 Å². The predicted molar refractivity (Wildman–Crippen MR) is 89.0 cm³/mol. The van der Waals surface area contributed by atoms with Crippen LogP contribution in [0.15, 0.2) is 44.2 Å². The highest BCUT2D eigenvalue weighted by atomic mass is 79.9. The van der Waals surface area contributed by atoms with Gasteiger partial charge in [0, 0.05) is 10.7 Å². The van der Waals surface area contributed by atoms with Gasteiger partial charge in [-0.3, -0.25) is 0 Å². The first-order valence-corrected chi connectivity index (χ1v) is 7.83. The van der Waals surface area contributed by atoms with Crippen LogP contribution in [0.25, 0.3) is 0 Å². The molecule has 0 aromatic heterocycles. The molecule has 21 heavy (non-hydrogen) atoms. The fourth-order valence-electron chi connectivity index (χ4n) is 3.31. The van der Waals surface area contributed by atoms with Crippen LogP contribution in [0.4, 0.5) is 0 Å². The lowest BCUT2D eigenvalue weighted by Gasteiger charge is -2.39. The van der Waals surface area contributed by atoms with E-state index >= 15 is 0 Å². The summed E-state index contributed by atoms with van der Waals surface area (Å²) in [6.07, 6.45) is 4.94. The molecular weight excluding hydrogens is 330 g/mol. The van der Waals surface area contributed by atoms with E-state index in [0.29, 0.717) is 16.4 Å². The number of rotatable bonds is 1. The van der Waals surface area contributed by atoms with E-state index in [0.717, 1.165) is 12.8 Å². The minimum atomic E-state index is -0.893. The van der Waals surface area contributed by atoms with Crippen molar-refractivity contribution in [2.24, 2.45) is 25.7 Å². The molecular formula is C15H14BrN5. The van der Waals surface area contributed by atoms with E-state index in [9.17, 15) is 0 Å². The van der Waals surface area contributed by atoms with Crippen LogP contribution in [0.3, 0.4) is 0 Å². The molecule has 1 aromatic carbocycles. The fourth-order valence-corrected chi connectivity index (χ4v) is 4.04. The Labute approximate surface area is 130 Å². The Morgan fingerprint density at radius 1 is 1.19 bits per heavy atom. The Balaban J connectivity index is 1.84. The average Bonchev–Trinajstić information content (AvgIpc) is 2.96. The second-order valence-electron chi connectivity index (χ2n) is 5.53. The first kappa shape index (κ1) is 13.0. The molecule has 0 saturated heterocycles. The lowest BCUT2D eigenvalue weighted by Crippen LogP contribution is -2.56. The van der Waals surface area contributed by atoms with Gasteiger partial charge in [-0.15, -0.1) is 0 Å². The van der Waals surface area contributed by atoms with Gasteiger partial charge in [-0.1, -0.05) is 40.2 Å². The average molecular weight is 344 g/mol. The van der Waals surface area contributed by atoms with Crippen molar-refractivity contribution in [1.29, 1.82) is 0 Å². The number of alkyl halides is 1. The molecule has 0 radical (unpaired) electrons. The smallest absolute Gasteiger partial charge is 0.180 e. The summed E-state index contributed by atoms with van der Waals surface area (Å²) in [5, 5.41) is 0. The maximum atomic E-state index is 6.69. The molecule has 106 valence electrons. The van der Waals surface area contributed by atoms with Crippen LogP contribution in [0.5, 0.6) is 0 Å². The molecule has 5 nitrogen and oxygen atoms in total. The molecule has 4 rings (SSSR count). The van der Waals surface area contributed by atoms with Crippen molar-refractivity contribution in [3.05, 3.63) is 35.4 Å². The number of nitrogens with two attached hydrogens (primary N) is 1. The van der Waals surface area contributed by atoms with Crippen molar-refractivity contribution < 1.29 is 0 Å². The molecule has 3 aliphatic rings. The van der Waals surface area contributed by atoms with Crippen LogP contribution >= 0.6 is 15.9 Å². The third-order valence-corrected chi connectivity index (χ3v) is 5.00. The molecule has 2 heterocycles. The summed E-state index contributed by atoms with van der Waals surface area (Å²) < 4.78 is 0. The van der Waals surface area contributed by atoms with Crippen LogP contribution < -0.4 is 5.73 Å². The highest BCUT2D eigenvalue weighted by Gasteiger charge is 2.47. The molecule has 0 amide bonds. The van der Waals surface area contributed by atoms with Gasteiger partial charge >= 0.3 is 0 Å². The maximum absolute atomic E-state index is 6.69. The van der Waals surface area contributed by atoms with Gasteiger partial charge in [0.2, 0.25) is 0 Å². The minimum absolute atomic E-state index is 0.0639. The van der Waals surface area contributed by atoms with Crippen molar-refractivity contribution in [2.75, 3.05) is 0 Å². The Kier molecular flexibility index (Phi) is 2.90. The number of benzene rings is 1. The topological polar surface area (TPSA) is 75.5 Å². The molecule has 1 aliphatic carbocycles. The normalized spacial score (nSPS) is 33.2. The molecule has 2 N–H and O–H groups in total. The van der Waals surface area contributed by atoms with Crippen LogP contribution in [0, 0.1) is 0 Å². The van der Waals surface area contributed by atoms with Crippen LogP contribution in [0.2, 0.25) is 0 Å². The number of hydrogen-bond acceptors (Lipinski definition) is 5. The second kappa shape index (κ2) is 4.68. The molecule has 0 fully saturated rings. The highest BCUT2D eigenvalue weighted by molar-refractivity contribution is 9.09. The summed E-state index contributed by atoms with van der Waals surface area (Å²) in [4.78, 5) is 17.5. The lowest BCUT2D eigenvalue weighted by atomic mass is 9.73. The minimum Gasteiger partial charge on any atom is -0.301 e.